The molecule has 1 aromatic heterocycles. The predicted molar refractivity (Wildman–Crippen MR) is 98.1 cm³/mol. The molecule has 0 unspecified atom stereocenters. The van der Waals surface area contributed by atoms with E-state index in [9.17, 15) is 4.79 Å². The van der Waals surface area contributed by atoms with E-state index in [1.165, 1.54) is 14.7 Å². The van der Waals surface area contributed by atoms with E-state index in [4.69, 9.17) is 15.6 Å². The van der Waals surface area contributed by atoms with Crippen LogP contribution in [0.1, 0.15) is 28.5 Å². The maximum absolute atomic E-state index is 10.6. The van der Waals surface area contributed by atoms with Gasteiger partial charge in [0.2, 0.25) is 0 Å². The molecule has 0 fully saturated rings. The number of hydrogen-bond acceptors (Lipinski definition) is 4. The average molecular weight is 434 g/mol. The summed E-state index contributed by atoms with van der Waals surface area (Å²) in [5.41, 5.74) is 7.57. The lowest BCUT2D eigenvalue weighted by Crippen LogP contribution is -2.07. The number of aromatic carboxylic acids is 1. The molecule has 0 aliphatic rings. The van der Waals surface area contributed by atoms with Gasteiger partial charge in [0, 0.05) is 49.7 Å². The van der Waals surface area contributed by atoms with Crippen molar-refractivity contribution < 1.29 is 14.6 Å². The van der Waals surface area contributed by atoms with Crippen molar-refractivity contribution in [3.8, 4) is 0 Å². The second-order valence-corrected chi connectivity index (χ2v) is 5.92. The van der Waals surface area contributed by atoms with Gasteiger partial charge < -0.3 is 15.6 Å². The van der Waals surface area contributed by atoms with E-state index in [1.54, 1.807) is 16.2 Å². The van der Waals surface area contributed by atoms with Crippen LogP contribution < -0.4 is 5.73 Å². The topological polar surface area (TPSA) is 77.5 Å². The zero-order valence-electron chi connectivity index (χ0n) is 12.2. The molecule has 0 radical (unpaired) electrons. The molecule has 120 valence electrons. The zero-order chi connectivity index (χ0) is 16.4. The third-order valence-electron chi connectivity index (χ3n) is 2.77. The summed E-state index contributed by atoms with van der Waals surface area (Å²) in [4.78, 5) is 10.6. The zero-order valence-corrected chi connectivity index (χ0v) is 15.2. The third kappa shape index (κ3) is 5.99. The number of aromatic nitrogens is 1. The molecule has 0 atom stereocenters. The Balaban J connectivity index is 0.000000224. The van der Waals surface area contributed by atoms with E-state index in [2.05, 4.69) is 33.3 Å². The summed E-state index contributed by atoms with van der Waals surface area (Å²) >= 11 is 2.07. The van der Waals surface area contributed by atoms with Gasteiger partial charge in [-0.25, -0.2) is 4.79 Å². The largest absolute Gasteiger partial charge is 0.478 e. The van der Waals surface area contributed by atoms with Crippen molar-refractivity contribution in [2.24, 2.45) is 5.73 Å². The monoisotopic (exact) mass is 434 g/mol. The Hall–Kier alpha value is -1.03. The van der Waals surface area contributed by atoms with Crippen molar-refractivity contribution in [1.82, 2.24) is 3.97 Å². The minimum atomic E-state index is -0.931. The van der Waals surface area contributed by atoms with Crippen LogP contribution >= 0.6 is 30.3 Å². The van der Waals surface area contributed by atoms with Crippen molar-refractivity contribution in [2.45, 2.75) is 20.1 Å². The maximum Gasteiger partial charge on any atom is 0.337 e. The standard InChI is InChI=1S/C9H12O.C6H7IN2O2S/c1-2-10-8-9-6-4-3-5-7-9;7-12-9-2-1-4(6(10)11)5(9)3-8/h3-7H,2,8H2,1H3;1-2H,3,8H2,(H,10,11). The molecule has 0 spiro atoms. The number of rotatable bonds is 6. The molecule has 0 saturated heterocycles. The fourth-order valence-electron chi connectivity index (χ4n) is 1.70. The summed E-state index contributed by atoms with van der Waals surface area (Å²) in [6, 6.07) is 11.7. The Morgan fingerprint density at radius 3 is 2.55 bits per heavy atom. The number of nitrogens with two attached hydrogens (primary N) is 1. The van der Waals surface area contributed by atoms with Gasteiger partial charge in [-0.2, -0.15) is 0 Å². The van der Waals surface area contributed by atoms with Gasteiger partial charge in [0.05, 0.1) is 17.9 Å². The quantitative estimate of drug-likeness (QED) is 0.678. The number of hydrogen-bond donors (Lipinski definition) is 2. The minimum absolute atomic E-state index is 0.241. The van der Waals surface area contributed by atoms with Crippen LogP contribution in [0.4, 0.5) is 0 Å². The maximum atomic E-state index is 10.6. The Bertz CT molecular complexity index is 575. The van der Waals surface area contributed by atoms with Gasteiger partial charge in [0.25, 0.3) is 0 Å². The molecular weight excluding hydrogens is 415 g/mol. The fourth-order valence-corrected chi connectivity index (χ4v) is 3.17. The van der Waals surface area contributed by atoms with Gasteiger partial charge in [-0.15, -0.1) is 0 Å². The second kappa shape index (κ2) is 10.7. The Labute approximate surface area is 146 Å². The first kappa shape index (κ1) is 19.0. The van der Waals surface area contributed by atoms with E-state index in [-0.39, 0.29) is 12.1 Å². The van der Waals surface area contributed by atoms with E-state index in [0.29, 0.717) is 5.69 Å². The summed E-state index contributed by atoms with van der Waals surface area (Å²) in [5, 5.41) is 8.73. The van der Waals surface area contributed by atoms with Crippen LogP contribution in [-0.4, -0.2) is 21.7 Å². The Morgan fingerprint density at radius 2 is 2.05 bits per heavy atom. The number of carbonyl (C=O) groups is 1. The minimum Gasteiger partial charge on any atom is -0.478 e. The summed E-state index contributed by atoms with van der Waals surface area (Å²) in [5.74, 6) is -0.931. The van der Waals surface area contributed by atoms with Gasteiger partial charge in [-0.1, -0.05) is 30.3 Å². The molecule has 2 rings (SSSR count). The molecular formula is C15H19IN2O3S. The van der Waals surface area contributed by atoms with E-state index < -0.39 is 5.97 Å². The molecule has 5 nitrogen and oxygen atoms in total. The van der Waals surface area contributed by atoms with Crippen molar-refractivity contribution >= 4 is 36.3 Å². The van der Waals surface area contributed by atoms with Gasteiger partial charge in [0.15, 0.2) is 0 Å². The normalized spacial score (nSPS) is 9.95. The lowest BCUT2D eigenvalue weighted by atomic mass is 10.2. The highest BCUT2D eigenvalue weighted by Crippen LogP contribution is 2.21. The average Bonchev–Trinajstić information content (AvgIpc) is 2.97. The molecule has 0 bridgehead atoms. The lowest BCUT2D eigenvalue weighted by Gasteiger charge is -2.01. The highest BCUT2D eigenvalue weighted by molar-refractivity contribution is 14.2. The smallest absolute Gasteiger partial charge is 0.337 e. The molecule has 0 saturated carbocycles. The summed E-state index contributed by atoms with van der Waals surface area (Å²) < 4.78 is 6.96. The molecule has 7 heteroatoms. The molecule has 2 aromatic rings. The number of halogens is 1. The van der Waals surface area contributed by atoms with Gasteiger partial charge in [0.1, 0.15) is 0 Å². The van der Waals surface area contributed by atoms with E-state index in [0.717, 1.165) is 13.2 Å². The number of benzene rings is 1. The van der Waals surface area contributed by atoms with Gasteiger partial charge in [-0.3, -0.25) is 3.97 Å². The summed E-state index contributed by atoms with van der Waals surface area (Å²) in [6.07, 6.45) is 1.70. The first-order valence-corrected chi connectivity index (χ1v) is 10.00. The predicted octanol–water partition coefficient (Wildman–Crippen LogP) is 3.71. The SMILES string of the molecule is CCOCc1ccccc1.NCc1c(C(=O)O)ccn1SI. The van der Waals surface area contributed by atoms with Gasteiger partial charge in [-0.05, 0) is 18.6 Å². The Morgan fingerprint density at radius 1 is 1.36 bits per heavy atom. The third-order valence-corrected chi connectivity index (χ3v) is 4.53. The van der Waals surface area contributed by atoms with Crippen molar-refractivity contribution in [2.75, 3.05) is 6.61 Å². The number of carboxylic acid groups (broad SMARTS) is 1. The van der Waals surface area contributed by atoms with Crippen LogP contribution in [0.5, 0.6) is 0 Å². The summed E-state index contributed by atoms with van der Waals surface area (Å²) in [7, 11) is 1.40. The first-order valence-electron chi connectivity index (χ1n) is 6.68. The first-order chi connectivity index (χ1) is 10.6. The van der Waals surface area contributed by atoms with Crippen LogP contribution in [-0.2, 0) is 17.9 Å². The lowest BCUT2D eigenvalue weighted by molar-refractivity contribution is 0.0696. The van der Waals surface area contributed by atoms with Crippen LogP contribution in [0.3, 0.4) is 0 Å². The Kier molecular flexibility index (Phi) is 9.21. The second-order valence-electron chi connectivity index (χ2n) is 4.20. The molecule has 0 aliphatic carbocycles. The number of carboxylic acids is 1. The molecule has 1 heterocycles. The van der Waals surface area contributed by atoms with Crippen LogP contribution in [0.2, 0.25) is 0 Å². The van der Waals surface area contributed by atoms with Crippen molar-refractivity contribution in [1.29, 1.82) is 0 Å². The van der Waals surface area contributed by atoms with Crippen LogP contribution in [0, 0.1) is 0 Å². The fraction of sp³-hybridized carbons (Fsp3) is 0.267. The number of ether oxygens (including phenoxy) is 1. The molecule has 1 aromatic carbocycles. The van der Waals surface area contributed by atoms with Crippen molar-refractivity contribution in [3.05, 3.63) is 59.4 Å². The van der Waals surface area contributed by atoms with Crippen LogP contribution in [0.15, 0.2) is 42.6 Å². The van der Waals surface area contributed by atoms with Crippen LogP contribution in [0.25, 0.3) is 0 Å². The van der Waals surface area contributed by atoms with Gasteiger partial charge >= 0.3 is 5.97 Å². The van der Waals surface area contributed by atoms with E-state index >= 15 is 0 Å². The molecule has 22 heavy (non-hydrogen) atoms. The highest BCUT2D eigenvalue weighted by atomic mass is 127. The van der Waals surface area contributed by atoms with E-state index in [1.807, 2.05) is 25.1 Å². The van der Waals surface area contributed by atoms with Crippen molar-refractivity contribution in [3.63, 3.8) is 0 Å². The summed E-state index contributed by atoms with van der Waals surface area (Å²) in [6.45, 7) is 3.76. The molecule has 0 amide bonds. The highest BCUT2D eigenvalue weighted by Gasteiger charge is 2.13. The molecule has 3 N–H and O–H groups in total. The number of nitrogens with zero attached hydrogens (tertiary/aromatic N) is 1. The molecule has 0 aliphatic heterocycles.